The van der Waals surface area contributed by atoms with Crippen molar-refractivity contribution in [3.63, 3.8) is 0 Å². The number of anilines is 1. The molecule has 9 heteroatoms. The average Bonchev–Trinajstić information content (AvgIpc) is 3.06. The Morgan fingerprint density at radius 3 is 2.68 bits per heavy atom. The van der Waals surface area contributed by atoms with Gasteiger partial charge in [0.2, 0.25) is 11.1 Å². The van der Waals surface area contributed by atoms with E-state index in [1.54, 1.807) is 29.8 Å². The molecule has 1 aromatic heterocycles. The summed E-state index contributed by atoms with van der Waals surface area (Å²) in [6.07, 6.45) is 0. The molecule has 2 aromatic carbocycles. The zero-order chi connectivity index (χ0) is 17.8. The van der Waals surface area contributed by atoms with Gasteiger partial charge < -0.3 is 5.32 Å². The minimum Gasteiger partial charge on any atom is -0.324 e. The van der Waals surface area contributed by atoms with Gasteiger partial charge in [-0.05, 0) is 47.7 Å². The van der Waals surface area contributed by atoms with Crippen molar-refractivity contribution in [2.45, 2.75) is 17.3 Å². The largest absolute Gasteiger partial charge is 0.324 e. The van der Waals surface area contributed by atoms with Crippen molar-refractivity contribution in [1.82, 2.24) is 20.2 Å². The van der Waals surface area contributed by atoms with Gasteiger partial charge in [-0.3, -0.25) is 4.79 Å². The predicted octanol–water partition coefficient (Wildman–Crippen LogP) is 4.09. The lowest BCUT2D eigenvalue weighted by molar-refractivity contribution is -0.115. The first-order chi connectivity index (χ1) is 12.0. The topological polar surface area (TPSA) is 72.7 Å². The molecule has 6 nitrogen and oxygen atoms in total. The summed E-state index contributed by atoms with van der Waals surface area (Å²) in [5, 5.41) is 15.4. The maximum absolute atomic E-state index is 12.4. The van der Waals surface area contributed by atoms with Crippen molar-refractivity contribution in [3.8, 4) is 5.69 Å². The van der Waals surface area contributed by atoms with E-state index in [0.29, 0.717) is 20.9 Å². The van der Waals surface area contributed by atoms with Gasteiger partial charge >= 0.3 is 0 Å². The summed E-state index contributed by atoms with van der Waals surface area (Å²) < 4.78 is 1.59. The Morgan fingerprint density at radius 1 is 1.20 bits per heavy atom. The van der Waals surface area contributed by atoms with Crippen molar-refractivity contribution in [1.29, 1.82) is 0 Å². The number of hydrogen-bond donors (Lipinski definition) is 1. The molecule has 25 heavy (non-hydrogen) atoms. The number of tetrazole rings is 1. The van der Waals surface area contributed by atoms with E-state index in [1.165, 1.54) is 11.8 Å². The summed E-state index contributed by atoms with van der Waals surface area (Å²) in [6.45, 7) is 1.77. The smallest absolute Gasteiger partial charge is 0.237 e. The van der Waals surface area contributed by atoms with Crippen LogP contribution in [-0.4, -0.2) is 31.4 Å². The molecule has 0 saturated heterocycles. The number of aromatic nitrogens is 4. The molecule has 1 atom stereocenters. The number of hydrogen-bond acceptors (Lipinski definition) is 5. The van der Waals surface area contributed by atoms with E-state index < -0.39 is 5.25 Å². The van der Waals surface area contributed by atoms with Crippen LogP contribution < -0.4 is 5.32 Å². The SMILES string of the molecule is CC(Sc1nnnn1-c1ccccc1)C(=O)Nc1ccc(Cl)cc1Cl. The fraction of sp³-hybridized carbons (Fsp3) is 0.125. The summed E-state index contributed by atoms with van der Waals surface area (Å²) >= 11 is 13.2. The Labute approximate surface area is 158 Å². The Bertz CT molecular complexity index is 887. The second kappa shape index (κ2) is 7.86. The third-order valence-electron chi connectivity index (χ3n) is 3.28. The lowest BCUT2D eigenvalue weighted by Crippen LogP contribution is -2.23. The van der Waals surface area contributed by atoms with Gasteiger partial charge in [-0.2, -0.15) is 4.68 Å². The number of amides is 1. The molecule has 0 aliphatic heterocycles. The lowest BCUT2D eigenvalue weighted by atomic mass is 10.3. The van der Waals surface area contributed by atoms with Crippen molar-refractivity contribution in [3.05, 3.63) is 58.6 Å². The molecule has 0 aliphatic rings. The first-order valence-electron chi connectivity index (χ1n) is 7.31. The second-order valence-corrected chi connectivity index (χ2v) is 7.23. The molecule has 1 N–H and O–H groups in total. The molecule has 0 fully saturated rings. The summed E-state index contributed by atoms with van der Waals surface area (Å²) in [5.41, 5.74) is 1.33. The second-order valence-electron chi connectivity index (χ2n) is 5.08. The van der Waals surface area contributed by atoms with Crippen LogP contribution in [0, 0.1) is 0 Å². The fourth-order valence-corrected chi connectivity index (χ4v) is 3.28. The van der Waals surface area contributed by atoms with Gasteiger partial charge in [0.15, 0.2) is 0 Å². The summed E-state index contributed by atoms with van der Waals surface area (Å²) in [7, 11) is 0. The van der Waals surface area contributed by atoms with Gasteiger partial charge in [0.25, 0.3) is 0 Å². The van der Waals surface area contributed by atoms with Crippen LogP contribution in [0.2, 0.25) is 10.0 Å². The Hall–Kier alpha value is -2.09. The Balaban J connectivity index is 1.71. The number of nitrogens with one attached hydrogen (secondary N) is 1. The molecule has 3 rings (SSSR count). The van der Waals surface area contributed by atoms with Crippen molar-refractivity contribution in [2.75, 3.05) is 5.32 Å². The Kier molecular flexibility index (Phi) is 5.57. The standard InChI is InChI=1S/C16H13Cl2N5OS/c1-10(15(24)19-14-8-7-11(17)9-13(14)18)25-16-20-21-22-23(16)12-5-3-2-4-6-12/h2-10H,1H3,(H,19,24). The maximum atomic E-state index is 12.4. The van der Waals surface area contributed by atoms with Crippen LogP contribution in [-0.2, 0) is 4.79 Å². The summed E-state index contributed by atoms with van der Waals surface area (Å²) in [4.78, 5) is 12.4. The first-order valence-corrected chi connectivity index (χ1v) is 8.94. The fourth-order valence-electron chi connectivity index (χ4n) is 2.02. The van der Waals surface area contributed by atoms with Crippen LogP contribution >= 0.6 is 35.0 Å². The number of benzene rings is 2. The molecule has 0 spiro atoms. The molecular weight excluding hydrogens is 381 g/mol. The highest BCUT2D eigenvalue weighted by Gasteiger charge is 2.20. The van der Waals surface area contributed by atoms with Crippen molar-refractivity contribution in [2.24, 2.45) is 0 Å². The normalized spacial score (nSPS) is 12.0. The molecule has 0 bridgehead atoms. The molecule has 3 aromatic rings. The van der Waals surface area contributed by atoms with Gasteiger partial charge in [0.05, 0.1) is 21.6 Å². The van der Waals surface area contributed by atoms with Crippen LogP contribution in [0.5, 0.6) is 0 Å². The summed E-state index contributed by atoms with van der Waals surface area (Å²) in [6, 6.07) is 14.4. The van der Waals surface area contributed by atoms with E-state index >= 15 is 0 Å². The van der Waals surface area contributed by atoms with E-state index in [2.05, 4.69) is 20.8 Å². The van der Waals surface area contributed by atoms with E-state index in [-0.39, 0.29) is 5.91 Å². The lowest BCUT2D eigenvalue weighted by Gasteiger charge is -2.12. The zero-order valence-corrected chi connectivity index (χ0v) is 15.4. The average molecular weight is 394 g/mol. The quantitative estimate of drug-likeness (QED) is 0.660. The molecule has 0 radical (unpaired) electrons. The zero-order valence-electron chi connectivity index (χ0n) is 13.1. The highest BCUT2D eigenvalue weighted by atomic mass is 35.5. The van der Waals surface area contributed by atoms with Crippen LogP contribution in [0.25, 0.3) is 5.69 Å². The van der Waals surface area contributed by atoms with Crippen LogP contribution in [0.1, 0.15) is 6.92 Å². The highest BCUT2D eigenvalue weighted by Crippen LogP contribution is 2.28. The minimum absolute atomic E-state index is 0.211. The number of rotatable bonds is 5. The number of thioether (sulfide) groups is 1. The van der Waals surface area contributed by atoms with Gasteiger partial charge in [0, 0.05) is 5.02 Å². The van der Waals surface area contributed by atoms with E-state index in [1.807, 2.05) is 30.3 Å². The molecule has 1 unspecified atom stereocenters. The third-order valence-corrected chi connectivity index (χ3v) is 4.86. The number of halogens is 2. The molecule has 128 valence electrons. The van der Waals surface area contributed by atoms with Gasteiger partial charge in [-0.1, -0.05) is 53.2 Å². The monoisotopic (exact) mass is 393 g/mol. The molecular formula is C16H13Cl2N5OS. The first kappa shape index (κ1) is 17.7. The molecule has 0 aliphatic carbocycles. The van der Waals surface area contributed by atoms with Crippen molar-refractivity contribution >= 4 is 46.6 Å². The van der Waals surface area contributed by atoms with Crippen LogP contribution in [0.3, 0.4) is 0 Å². The molecule has 1 heterocycles. The molecule has 0 saturated carbocycles. The van der Waals surface area contributed by atoms with E-state index in [9.17, 15) is 4.79 Å². The van der Waals surface area contributed by atoms with Crippen LogP contribution in [0.4, 0.5) is 5.69 Å². The van der Waals surface area contributed by atoms with Gasteiger partial charge in [-0.15, -0.1) is 5.10 Å². The van der Waals surface area contributed by atoms with Gasteiger partial charge in [-0.25, -0.2) is 0 Å². The summed E-state index contributed by atoms with van der Waals surface area (Å²) in [5.74, 6) is -0.211. The number of nitrogens with zero attached hydrogens (tertiary/aromatic N) is 4. The van der Waals surface area contributed by atoms with Gasteiger partial charge in [0.1, 0.15) is 0 Å². The number of para-hydroxylation sites is 1. The number of carbonyl (C=O) groups excluding carboxylic acids is 1. The Morgan fingerprint density at radius 2 is 1.96 bits per heavy atom. The van der Waals surface area contributed by atoms with E-state index in [4.69, 9.17) is 23.2 Å². The maximum Gasteiger partial charge on any atom is 0.237 e. The van der Waals surface area contributed by atoms with Crippen LogP contribution in [0.15, 0.2) is 53.7 Å². The number of carbonyl (C=O) groups is 1. The van der Waals surface area contributed by atoms with Crippen molar-refractivity contribution < 1.29 is 4.79 Å². The molecule has 1 amide bonds. The third kappa shape index (κ3) is 4.31. The van der Waals surface area contributed by atoms with E-state index in [0.717, 1.165) is 5.69 Å². The predicted molar refractivity (Wildman–Crippen MR) is 99.6 cm³/mol. The highest BCUT2D eigenvalue weighted by molar-refractivity contribution is 8.00. The minimum atomic E-state index is -0.430.